The number of pyridine rings is 1. The Kier molecular flexibility index (Phi) is 4.77. The van der Waals surface area contributed by atoms with Crippen molar-refractivity contribution in [2.24, 2.45) is 0 Å². The van der Waals surface area contributed by atoms with E-state index >= 15 is 0 Å². The Balaban J connectivity index is 1.37. The quantitative estimate of drug-likeness (QED) is 0.488. The number of nitrogens with zero attached hydrogens (tertiary/aromatic N) is 3. The third-order valence-electron chi connectivity index (χ3n) is 6.00. The van der Waals surface area contributed by atoms with Gasteiger partial charge in [-0.3, -0.25) is 4.79 Å². The summed E-state index contributed by atoms with van der Waals surface area (Å²) in [4.78, 5) is 22.0. The highest BCUT2D eigenvalue weighted by Crippen LogP contribution is 2.27. The average molecular weight is 415 g/mol. The molecule has 0 bridgehead atoms. The number of methoxy groups -OCH3 is 1. The molecule has 1 atom stereocenters. The summed E-state index contributed by atoms with van der Waals surface area (Å²) in [6.45, 7) is 6.33. The third kappa shape index (κ3) is 3.58. The summed E-state index contributed by atoms with van der Waals surface area (Å²) in [5.41, 5.74) is 3.69. The van der Waals surface area contributed by atoms with Gasteiger partial charge < -0.3 is 19.0 Å². The van der Waals surface area contributed by atoms with Gasteiger partial charge in [-0.1, -0.05) is 17.7 Å². The van der Waals surface area contributed by atoms with E-state index in [-0.39, 0.29) is 11.9 Å². The van der Waals surface area contributed by atoms with Crippen molar-refractivity contribution in [1.29, 1.82) is 0 Å². The maximum Gasteiger partial charge on any atom is 0.289 e. The van der Waals surface area contributed by atoms with Gasteiger partial charge in [-0.25, -0.2) is 4.98 Å². The predicted molar refractivity (Wildman–Crippen MR) is 122 cm³/mol. The molecule has 1 fully saturated rings. The number of anilines is 1. The van der Waals surface area contributed by atoms with Crippen LogP contribution >= 0.6 is 0 Å². The fourth-order valence-corrected chi connectivity index (χ4v) is 4.26. The lowest BCUT2D eigenvalue weighted by Gasteiger charge is -2.41. The summed E-state index contributed by atoms with van der Waals surface area (Å²) < 4.78 is 11.1. The lowest BCUT2D eigenvalue weighted by molar-refractivity contribution is 0.0696. The molecule has 6 nitrogen and oxygen atoms in total. The third-order valence-corrected chi connectivity index (χ3v) is 6.00. The lowest BCUT2D eigenvalue weighted by atomic mass is 10.1. The fraction of sp³-hybridized carbons (Fsp3) is 0.280. The molecule has 0 saturated carbocycles. The fourth-order valence-electron chi connectivity index (χ4n) is 4.26. The number of carbonyl (C=O) groups is 1. The maximum atomic E-state index is 13.2. The molecular weight excluding hydrogens is 390 g/mol. The van der Waals surface area contributed by atoms with Crippen LogP contribution in [0.2, 0.25) is 0 Å². The normalized spacial score (nSPS) is 16.8. The molecule has 0 N–H and O–H groups in total. The van der Waals surface area contributed by atoms with Gasteiger partial charge in [0.15, 0.2) is 5.76 Å². The van der Waals surface area contributed by atoms with Crippen LogP contribution in [-0.4, -0.2) is 48.6 Å². The molecule has 0 unspecified atom stereocenters. The van der Waals surface area contributed by atoms with Gasteiger partial charge in [0.25, 0.3) is 5.91 Å². The van der Waals surface area contributed by atoms with E-state index in [2.05, 4.69) is 48.0 Å². The number of carbonyl (C=O) groups excluding carboxylic acids is 1. The number of piperazine rings is 1. The van der Waals surface area contributed by atoms with Crippen molar-refractivity contribution >= 4 is 33.6 Å². The molecule has 1 aliphatic heterocycles. The van der Waals surface area contributed by atoms with E-state index in [0.717, 1.165) is 28.6 Å². The van der Waals surface area contributed by atoms with E-state index in [0.29, 0.717) is 24.6 Å². The summed E-state index contributed by atoms with van der Waals surface area (Å²) in [6.07, 6.45) is 0. The monoisotopic (exact) mass is 415 g/mol. The number of amides is 1. The number of rotatable bonds is 3. The van der Waals surface area contributed by atoms with Crippen molar-refractivity contribution in [3.63, 3.8) is 0 Å². The van der Waals surface area contributed by atoms with Gasteiger partial charge >= 0.3 is 0 Å². The molecule has 3 heterocycles. The Morgan fingerprint density at radius 3 is 2.61 bits per heavy atom. The van der Waals surface area contributed by atoms with E-state index in [1.54, 1.807) is 13.2 Å². The Hall–Kier alpha value is -3.54. The van der Waals surface area contributed by atoms with Crippen molar-refractivity contribution < 1.29 is 13.9 Å². The minimum atomic E-state index is -0.0879. The molecular formula is C25H25N3O3. The van der Waals surface area contributed by atoms with Crippen LogP contribution < -0.4 is 9.64 Å². The highest BCUT2D eigenvalue weighted by atomic mass is 16.5. The zero-order valence-electron chi connectivity index (χ0n) is 18.0. The molecule has 0 spiro atoms. The zero-order chi connectivity index (χ0) is 21.5. The van der Waals surface area contributed by atoms with Gasteiger partial charge in [0.05, 0.1) is 12.6 Å². The van der Waals surface area contributed by atoms with Crippen molar-refractivity contribution in [1.82, 2.24) is 9.88 Å². The first-order chi connectivity index (χ1) is 15.0. The van der Waals surface area contributed by atoms with Crippen LogP contribution in [0, 0.1) is 6.92 Å². The minimum Gasteiger partial charge on any atom is -0.497 e. The standard InChI is InChI=1S/C25H25N3O3/c1-16-4-7-20(8-5-16)28-11-10-27(15-17(28)2)25(29)23-13-19-12-18-6-9-21(30-3)14-22(18)26-24(19)31-23/h4-9,12-14,17H,10-11,15H2,1-3H3/t17-/m0/s1. The van der Waals surface area contributed by atoms with Gasteiger partial charge in [0.2, 0.25) is 5.71 Å². The summed E-state index contributed by atoms with van der Waals surface area (Å²) >= 11 is 0. The molecule has 6 heteroatoms. The van der Waals surface area contributed by atoms with E-state index < -0.39 is 0 Å². The Morgan fingerprint density at radius 1 is 1.06 bits per heavy atom. The van der Waals surface area contributed by atoms with Gasteiger partial charge in [-0.2, -0.15) is 0 Å². The topological polar surface area (TPSA) is 58.8 Å². The van der Waals surface area contributed by atoms with Crippen LogP contribution in [0.1, 0.15) is 23.0 Å². The summed E-state index contributed by atoms with van der Waals surface area (Å²) in [5.74, 6) is 0.985. The second-order valence-corrected chi connectivity index (χ2v) is 8.18. The van der Waals surface area contributed by atoms with E-state index in [1.807, 2.05) is 29.2 Å². The summed E-state index contributed by atoms with van der Waals surface area (Å²) in [6, 6.07) is 18.3. The number of aryl methyl sites for hydroxylation is 1. The molecule has 1 saturated heterocycles. The molecule has 158 valence electrons. The number of hydrogen-bond acceptors (Lipinski definition) is 5. The van der Waals surface area contributed by atoms with Crippen LogP contribution in [0.4, 0.5) is 5.69 Å². The maximum absolute atomic E-state index is 13.2. The molecule has 2 aromatic carbocycles. The zero-order valence-corrected chi connectivity index (χ0v) is 18.0. The highest BCUT2D eigenvalue weighted by molar-refractivity contribution is 5.98. The second-order valence-electron chi connectivity index (χ2n) is 8.18. The van der Waals surface area contributed by atoms with Crippen molar-refractivity contribution in [2.75, 3.05) is 31.6 Å². The molecule has 2 aromatic heterocycles. The predicted octanol–water partition coefficient (Wildman–Crippen LogP) is 4.65. The van der Waals surface area contributed by atoms with Gasteiger partial charge in [-0.05, 0) is 50.2 Å². The summed E-state index contributed by atoms with van der Waals surface area (Å²) in [5, 5.41) is 1.81. The first-order valence-corrected chi connectivity index (χ1v) is 10.5. The number of benzene rings is 2. The van der Waals surface area contributed by atoms with Crippen molar-refractivity contribution in [2.45, 2.75) is 19.9 Å². The second kappa shape index (κ2) is 7.61. The van der Waals surface area contributed by atoms with Crippen molar-refractivity contribution in [3.05, 3.63) is 65.9 Å². The molecule has 4 aromatic rings. The molecule has 31 heavy (non-hydrogen) atoms. The number of hydrogen-bond donors (Lipinski definition) is 0. The lowest BCUT2D eigenvalue weighted by Crippen LogP contribution is -2.53. The van der Waals surface area contributed by atoms with Crippen LogP contribution in [0.15, 0.2) is 59.0 Å². The molecule has 0 aliphatic carbocycles. The van der Waals surface area contributed by atoms with Crippen LogP contribution in [0.3, 0.4) is 0 Å². The Bertz CT molecular complexity index is 1260. The highest BCUT2D eigenvalue weighted by Gasteiger charge is 2.29. The molecule has 1 amide bonds. The first-order valence-electron chi connectivity index (χ1n) is 10.5. The molecule has 1 aliphatic rings. The first kappa shape index (κ1) is 19.4. The number of ether oxygens (including phenoxy) is 1. The summed E-state index contributed by atoms with van der Waals surface area (Å²) in [7, 11) is 1.63. The SMILES string of the molecule is COc1ccc2cc3cc(C(=O)N4CCN(c5ccc(C)cc5)[C@@H](C)C4)oc3nc2c1. The minimum absolute atomic E-state index is 0.0879. The van der Waals surface area contributed by atoms with Crippen LogP contribution in [0.5, 0.6) is 5.75 Å². The molecule has 5 rings (SSSR count). The van der Waals surface area contributed by atoms with Crippen LogP contribution in [0.25, 0.3) is 22.0 Å². The number of furan rings is 1. The Labute approximate surface area is 181 Å². The largest absolute Gasteiger partial charge is 0.497 e. The Morgan fingerprint density at radius 2 is 1.87 bits per heavy atom. The average Bonchev–Trinajstić information content (AvgIpc) is 3.20. The van der Waals surface area contributed by atoms with Gasteiger partial charge in [0.1, 0.15) is 5.75 Å². The van der Waals surface area contributed by atoms with Gasteiger partial charge in [-0.15, -0.1) is 0 Å². The smallest absolute Gasteiger partial charge is 0.289 e. The van der Waals surface area contributed by atoms with Crippen molar-refractivity contribution in [3.8, 4) is 5.75 Å². The van der Waals surface area contributed by atoms with E-state index in [9.17, 15) is 4.79 Å². The van der Waals surface area contributed by atoms with Crippen LogP contribution in [-0.2, 0) is 0 Å². The molecule has 0 radical (unpaired) electrons. The van der Waals surface area contributed by atoms with E-state index in [1.165, 1.54) is 11.3 Å². The number of aromatic nitrogens is 1. The number of fused-ring (bicyclic) bond motifs is 2. The van der Waals surface area contributed by atoms with Gasteiger partial charge in [0, 0.05) is 48.2 Å². The van der Waals surface area contributed by atoms with E-state index in [4.69, 9.17) is 9.15 Å².